The molecule has 0 saturated heterocycles. The van der Waals surface area contributed by atoms with Gasteiger partial charge in [-0.1, -0.05) is 12.5 Å². The summed E-state index contributed by atoms with van der Waals surface area (Å²) in [6, 6.07) is 7.75. The van der Waals surface area contributed by atoms with Crippen molar-refractivity contribution in [1.82, 2.24) is 24.7 Å². The first-order valence-corrected chi connectivity index (χ1v) is 8.01. The van der Waals surface area contributed by atoms with E-state index in [1.807, 2.05) is 18.2 Å². The summed E-state index contributed by atoms with van der Waals surface area (Å²) in [5.41, 5.74) is 2.53. The van der Waals surface area contributed by atoms with Crippen LogP contribution in [-0.2, 0) is 13.0 Å². The maximum Gasteiger partial charge on any atom is 0.323 e. The van der Waals surface area contributed by atoms with Crippen LogP contribution < -0.4 is 5.69 Å². The zero-order valence-electron chi connectivity index (χ0n) is 13.0. The first-order valence-electron chi connectivity index (χ1n) is 8.01. The maximum atomic E-state index is 11.4. The summed E-state index contributed by atoms with van der Waals surface area (Å²) in [5, 5.41) is 18.1. The number of imidazole rings is 1. The third kappa shape index (κ3) is 2.52. The number of hydrogen-bond donors (Lipinski definition) is 2. The molecule has 1 aliphatic rings. The topological polar surface area (TPSA) is 103 Å². The molecule has 3 heterocycles. The van der Waals surface area contributed by atoms with Crippen LogP contribution >= 0.6 is 0 Å². The maximum absolute atomic E-state index is 11.4. The molecule has 0 spiro atoms. The molecule has 1 aliphatic heterocycles. The zero-order valence-corrected chi connectivity index (χ0v) is 13.0. The molecule has 0 atom stereocenters. The molecule has 120 valence electrons. The second-order valence-electron chi connectivity index (χ2n) is 5.96. The molecular weight excluding hydrogens is 304 g/mol. The fourth-order valence-corrected chi connectivity index (χ4v) is 3.14. The Kier molecular flexibility index (Phi) is 3.50. The van der Waals surface area contributed by atoms with Crippen LogP contribution in [0.5, 0.6) is 0 Å². The lowest BCUT2D eigenvalue weighted by atomic mass is 10.1. The number of H-pyrrole nitrogens is 2. The molecule has 4 rings (SSSR count). The van der Waals surface area contributed by atoms with Crippen LogP contribution in [0.25, 0.3) is 22.7 Å². The van der Waals surface area contributed by atoms with Crippen molar-refractivity contribution in [3.63, 3.8) is 0 Å². The molecule has 7 heteroatoms. The van der Waals surface area contributed by atoms with E-state index in [9.17, 15) is 10.1 Å². The number of rotatable bonds is 2. The number of nitriles is 1. The normalized spacial score (nSPS) is 15.0. The van der Waals surface area contributed by atoms with E-state index in [2.05, 4.69) is 30.8 Å². The molecule has 0 amide bonds. The van der Waals surface area contributed by atoms with E-state index in [1.54, 1.807) is 6.08 Å². The number of benzene rings is 1. The van der Waals surface area contributed by atoms with Crippen molar-refractivity contribution in [3.8, 4) is 6.07 Å². The van der Waals surface area contributed by atoms with Gasteiger partial charge in [0, 0.05) is 13.0 Å². The van der Waals surface area contributed by atoms with Gasteiger partial charge >= 0.3 is 5.69 Å². The van der Waals surface area contributed by atoms with Crippen molar-refractivity contribution in [2.24, 2.45) is 0 Å². The predicted octanol–water partition coefficient (Wildman–Crippen LogP) is 2.24. The molecule has 0 radical (unpaired) electrons. The van der Waals surface area contributed by atoms with Crippen LogP contribution in [0.15, 0.2) is 23.0 Å². The Labute approximate surface area is 137 Å². The van der Waals surface area contributed by atoms with Gasteiger partial charge in [-0.3, -0.25) is 0 Å². The van der Waals surface area contributed by atoms with Crippen LogP contribution in [0.1, 0.15) is 36.5 Å². The summed E-state index contributed by atoms with van der Waals surface area (Å²) in [6.45, 7) is 0.848. The average molecular weight is 320 g/mol. The first kappa shape index (κ1) is 14.5. The Hall–Kier alpha value is -3.14. The highest BCUT2D eigenvalue weighted by molar-refractivity contribution is 5.89. The van der Waals surface area contributed by atoms with E-state index < -0.39 is 0 Å². The number of nitrogens with one attached hydrogen (secondary N) is 2. The SMILES string of the molecule is N#CC(=Cc1ccc2[nH]c(=O)[nH]c2c1)c1nnc2n1CCCCC2. The molecule has 2 N–H and O–H groups in total. The van der Waals surface area contributed by atoms with E-state index >= 15 is 0 Å². The molecule has 0 saturated carbocycles. The Morgan fingerprint density at radius 3 is 2.96 bits per heavy atom. The van der Waals surface area contributed by atoms with Crippen LogP contribution in [0.3, 0.4) is 0 Å². The van der Waals surface area contributed by atoms with Crippen LogP contribution in [0, 0.1) is 11.3 Å². The van der Waals surface area contributed by atoms with E-state index in [0.29, 0.717) is 16.9 Å². The van der Waals surface area contributed by atoms with Crippen molar-refractivity contribution in [2.45, 2.75) is 32.2 Å². The number of fused-ring (bicyclic) bond motifs is 2. The van der Waals surface area contributed by atoms with E-state index in [-0.39, 0.29) is 5.69 Å². The minimum atomic E-state index is -0.241. The first-order chi connectivity index (χ1) is 11.7. The zero-order chi connectivity index (χ0) is 16.5. The monoisotopic (exact) mass is 320 g/mol. The minimum absolute atomic E-state index is 0.241. The Morgan fingerprint density at radius 2 is 2.08 bits per heavy atom. The molecule has 1 aromatic carbocycles. The number of aromatic nitrogens is 5. The third-order valence-corrected chi connectivity index (χ3v) is 4.32. The van der Waals surface area contributed by atoms with Crippen molar-refractivity contribution in [3.05, 3.63) is 45.9 Å². The largest absolute Gasteiger partial charge is 0.323 e. The summed E-state index contributed by atoms with van der Waals surface area (Å²) in [4.78, 5) is 16.8. The number of aryl methyl sites for hydroxylation is 1. The van der Waals surface area contributed by atoms with Gasteiger partial charge in [0.05, 0.1) is 16.6 Å². The summed E-state index contributed by atoms with van der Waals surface area (Å²) < 4.78 is 2.05. The lowest BCUT2D eigenvalue weighted by molar-refractivity contribution is 0.627. The Balaban J connectivity index is 1.77. The van der Waals surface area contributed by atoms with Crippen molar-refractivity contribution < 1.29 is 0 Å². The number of hydrogen-bond acceptors (Lipinski definition) is 4. The molecule has 7 nitrogen and oxygen atoms in total. The van der Waals surface area contributed by atoms with E-state index in [4.69, 9.17) is 0 Å². The standard InChI is InChI=1S/C17H16N6O/c18-10-12(16-22-21-15-4-2-1-3-7-23(15)16)8-11-5-6-13-14(9-11)20-17(24)19-13/h5-6,8-9H,1-4,7H2,(H2,19,20,24). The number of aromatic amines is 2. The van der Waals surface area contributed by atoms with Gasteiger partial charge in [-0.2, -0.15) is 5.26 Å². The molecule has 24 heavy (non-hydrogen) atoms. The molecule has 0 fully saturated rings. The van der Waals surface area contributed by atoms with E-state index in [0.717, 1.165) is 42.7 Å². The quantitative estimate of drug-likeness (QED) is 0.707. The van der Waals surface area contributed by atoms with E-state index in [1.165, 1.54) is 6.42 Å². The molecule has 3 aromatic rings. The third-order valence-electron chi connectivity index (χ3n) is 4.32. The Bertz CT molecular complexity index is 1030. The molecular formula is C17H16N6O. The van der Waals surface area contributed by atoms with Gasteiger partial charge in [-0.15, -0.1) is 10.2 Å². The minimum Gasteiger partial charge on any atom is -0.310 e. The van der Waals surface area contributed by atoms with Gasteiger partial charge in [-0.05, 0) is 36.6 Å². The van der Waals surface area contributed by atoms with Gasteiger partial charge in [-0.25, -0.2) is 4.79 Å². The smallest absolute Gasteiger partial charge is 0.310 e. The molecule has 0 unspecified atom stereocenters. The molecule has 0 aliphatic carbocycles. The van der Waals surface area contributed by atoms with Gasteiger partial charge < -0.3 is 14.5 Å². The summed E-state index contributed by atoms with van der Waals surface area (Å²) in [6.07, 6.45) is 6.05. The summed E-state index contributed by atoms with van der Waals surface area (Å²) >= 11 is 0. The van der Waals surface area contributed by atoms with Gasteiger partial charge in [0.25, 0.3) is 0 Å². The highest BCUT2D eigenvalue weighted by Crippen LogP contribution is 2.22. The number of nitrogens with zero attached hydrogens (tertiary/aromatic N) is 4. The highest BCUT2D eigenvalue weighted by Gasteiger charge is 2.17. The average Bonchev–Trinajstić information content (AvgIpc) is 3.06. The molecule has 2 aromatic heterocycles. The van der Waals surface area contributed by atoms with Crippen molar-refractivity contribution in [1.29, 1.82) is 5.26 Å². The van der Waals surface area contributed by atoms with Gasteiger partial charge in [0.1, 0.15) is 11.9 Å². The fourth-order valence-electron chi connectivity index (χ4n) is 3.14. The lowest BCUT2D eigenvalue weighted by Gasteiger charge is -2.05. The highest BCUT2D eigenvalue weighted by atomic mass is 16.1. The number of allylic oxidation sites excluding steroid dienone is 1. The molecule has 0 bridgehead atoms. The van der Waals surface area contributed by atoms with Gasteiger partial charge in [0.2, 0.25) is 0 Å². The summed E-state index contributed by atoms with van der Waals surface area (Å²) in [7, 11) is 0. The second-order valence-corrected chi connectivity index (χ2v) is 5.96. The van der Waals surface area contributed by atoms with Gasteiger partial charge in [0.15, 0.2) is 5.82 Å². The van der Waals surface area contributed by atoms with Crippen molar-refractivity contribution >= 4 is 22.7 Å². The predicted molar refractivity (Wildman–Crippen MR) is 90.0 cm³/mol. The van der Waals surface area contributed by atoms with Crippen molar-refractivity contribution in [2.75, 3.05) is 0 Å². The van der Waals surface area contributed by atoms with Crippen LogP contribution in [-0.4, -0.2) is 24.7 Å². The second kappa shape index (κ2) is 5.81. The van der Waals surface area contributed by atoms with Crippen LogP contribution in [0.2, 0.25) is 0 Å². The fraction of sp³-hybridized carbons (Fsp3) is 0.294. The van der Waals surface area contributed by atoms with Crippen LogP contribution in [0.4, 0.5) is 0 Å². The lowest BCUT2D eigenvalue weighted by Crippen LogP contribution is -2.05. The summed E-state index contributed by atoms with van der Waals surface area (Å²) in [5.74, 6) is 1.58. The Morgan fingerprint density at radius 1 is 1.21 bits per heavy atom.